The van der Waals surface area contributed by atoms with Crippen molar-refractivity contribution in [2.45, 2.75) is 52.9 Å². The van der Waals surface area contributed by atoms with Gasteiger partial charge in [0.1, 0.15) is 5.60 Å². The molecule has 0 radical (unpaired) electrons. The Kier molecular flexibility index (Phi) is 16.1. The molecule has 0 saturated carbocycles. The number of nitrogens with zero attached hydrogens (tertiary/aromatic N) is 1. The second-order valence-corrected chi connectivity index (χ2v) is 7.70. The highest BCUT2D eigenvalue weighted by Crippen LogP contribution is 2.07. The topological polar surface area (TPSA) is 93.2 Å². The molecule has 0 aliphatic rings. The fourth-order valence-electron chi connectivity index (χ4n) is 2.49. The van der Waals surface area contributed by atoms with E-state index in [1.54, 1.807) is 7.05 Å². The number of guanidine groups is 1. The number of ether oxygens (including phenoxy) is 3. The summed E-state index contributed by atoms with van der Waals surface area (Å²) in [7, 11) is 1.73. The van der Waals surface area contributed by atoms with E-state index >= 15 is 0 Å². The van der Waals surface area contributed by atoms with Crippen LogP contribution in [0.5, 0.6) is 0 Å². The minimum Gasteiger partial charge on any atom is -0.444 e. The highest BCUT2D eigenvalue weighted by Gasteiger charge is 2.15. The van der Waals surface area contributed by atoms with E-state index in [2.05, 4.69) is 39.1 Å². The summed E-state index contributed by atoms with van der Waals surface area (Å²) in [6.07, 6.45) is 0.362. The van der Waals surface area contributed by atoms with Gasteiger partial charge in [0.25, 0.3) is 0 Å². The lowest BCUT2D eigenvalue weighted by Gasteiger charge is -2.19. The van der Waals surface area contributed by atoms with Gasteiger partial charge in [-0.2, -0.15) is 0 Å². The quantitative estimate of drug-likeness (QED) is 0.160. The molecule has 1 amide bonds. The Morgan fingerprint density at radius 3 is 2.39 bits per heavy atom. The molecule has 31 heavy (non-hydrogen) atoms. The van der Waals surface area contributed by atoms with Crippen molar-refractivity contribution < 1.29 is 19.0 Å². The lowest BCUT2D eigenvalue weighted by molar-refractivity contribution is 0.0453. The maximum Gasteiger partial charge on any atom is 0.407 e. The second-order valence-electron chi connectivity index (χ2n) is 7.70. The van der Waals surface area contributed by atoms with Crippen LogP contribution in [0.4, 0.5) is 4.79 Å². The maximum absolute atomic E-state index is 11.6. The molecule has 0 fully saturated rings. The van der Waals surface area contributed by atoms with Gasteiger partial charge in [-0.25, -0.2) is 4.79 Å². The van der Waals surface area contributed by atoms with Crippen LogP contribution in [0.1, 0.15) is 45.2 Å². The van der Waals surface area contributed by atoms with Crippen molar-refractivity contribution in [3.05, 3.63) is 35.4 Å². The normalized spacial score (nSPS) is 11.5. The van der Waals surface area contributed by atoms with Crippen LogP contribution in [0.3, 0.4) is 0 Å². The van der Waals surface area contributed by atoms with Crippen molar-refractivity contribution in [2.75, 3.05) is 40.0 Å². The average Bonchev–Trinajstić information content (AvgIpc) is 2.69. The standard InChI is InChI=1S/C22H38N4O4.HI/c1-6-28-13-14-29-17-19-10-7-9-18(15-19)16-26-20(23-5)24-11-8-12-25-21(27)30-22(2,3)4;/h7,9-10,15H,6,8,11-14,16-17H2,1-5H3,(H,25,27)(H2,23,24,26);1H. The number of aliphatic imine (C=N–C) groups is 1. The first-order valence-corrected chi connectivity index (χ1v) is 10.5. The van der Waals surface area contributed by atoms with Crippen LogP contribution >= 0.6 is 24.0 Å². The number of carbonyl (C=O) groups excluding carboxylic acids is 1. The number of hydrogen-bond donors (Lipinski definition) is 3. The number of rotatable bonds is 12. The van der Waals surface area contributed by atoms with Crippen molar-refractivity contribution in [3.63, 3.8) is 0 Å². The van der Waals surface area contributed by atoms with E-state index in [1.807, 2.05) is 33.8 Å². The van der Waals surface area contributed by atoms with Crippen LogP contribution in [0, 0.1) is 0 Å². The zero-order valence-corrected chi connectivity index (χ0v) is 21.8. The van der Waals surface area contributed by atoms with Gasteiger partial charge < -0.3 is 30.2 Å². The lowest BCUT2D eigenvalue weighted by Crippen LogP contribution is -2.39. The van der Waals surface area contributed by atoms with Crippen molar-refractivity contribution >= 4 is 36.0 Å². The summed E-state index contributed by atoms with van der Waals surface area (Å²) in [4.78, 5) is 15.8. The van der Waals surface area contributed by atoms with E-state index in [9.17, 15) is 4.79 Å². The first-order valence-electron chi connectivity index (χ1n) is 10.5. The monoisotopic (exact) mass is 550 g/mol. The van der Waals surface area contributed by atoms with E-state index in [0.717, 1.165) is 17.5 Å². The number of benzene rings is 1. The van der Waals surface area contributed by atoms with Gasteiger partial charge in [0.05, 0.1) is 19.8 Å². The van der Waals surface area contributed by atoms with Crippen molar-refractivity contribution in [2.24, 2.45) is 4.99 Å². The average molecular weight is 550 g/mol. The zero-order valence-electron chi connectivity index (χ0n) is 19.5. The molecule has 1 aromatic carbocycles. The molecule has 8 nitrogen and oxygen atoms in total. The molecule has 0 atom stereocenters. The van der Waals surface area contributed by atoms with Gasteiger partial charge >= 0.3 is 6.09 Å². The molecule has 0 aliphatic heterocycles. The van der Waals surface area contributed by atoms with Gasteiger partial charge in [-0.15, -0.1) is 24.0 Å². The smallest absolute Gasteiger partial charge is 0.407 e. The van der Waals surface area contributed by atoms with E-state index in [1.165, 1.54) is 0 Å². The van der Waals surface area contributed by atoms with Crippen LogP contribution in [-0.2, 0) is 27.4 Å². The van der Waals surface area contributed by atoms with Crippen molar-refractivity contribution in [3.8, 4) is 0 Å². The summed E-state index contributed by atoms with van der Waals surface area (Å²) in [6.45, 7) is 11.9. The molecule has 0 bridgehead atoms. The third-order valence-electron chi connectivity index (χ3n) is 3.83. The van der Waals surface area contributed by atoms with Gasteiger partial charge in [-0.1, -0.05) is 24.3 Å². The van der Waals surface area contributed by atoms with Gasteiger partial charge in [0.2, 0.25) is 0 Å². The summed E-state index contributed by atoms with van der Waals surface area (Å²) in [6, 6.07) is 8.26. The van der Waals surface area contributed by atoms with E-state index in [-0.39, 0.29) is 24.0 Å². The molecule has 1 aromatic rings. The van der Waals surface area contributed by atoms with Gasteiger partial charge in [0.15, 0.2) is 5.96 Å². The fourth-order valence-corrected chi connectivity index (χ4v) is 2.49. The van der Waals surface area contributed by atoms with E-state index in [4.69, 9.17) is 14.2 Å². The number of nitrogens with one attached hydrogen (secondary N) is 3. The summed E-state index contributed by atoms with van der Waals surface area (Å²) in [5, 5.41) is 9.27. The minimum absolute atomic E-state index is 0. The molecule has 3 N–H and O–H groups in total. The molecule has 0 unspecified atom stereocenters. The minimum atomic E-state index is -0.485. The number of halogens is 1. The predicted octanol–water partition coefficient (Wildman–Crippen LogP) is 3.44. The van der Waals surface area contributed by atoms with E-state index < -0.39 is 11.7 Å². The third kappa shape index (κ3) is 15.8. The highest BCUT2D eigenvalue weighted by molar-refractivity contribution is 14.0. The Morgan fingerprint density at radius 1 is 1.03 bits per heavy atom. The molecular formula is C22H39IN4O4. The van der Waals surface area contributed by atoms with Crippen LogP contribution in [0.15, 0.2) is 29.3 Å². The van der Waals surface area contributed by atoms with Crippen molar-refractivity contribution in [1.29, 1.82) is 0 Å². The van der Waals surface area contributed by atoms with Gasteiger partial charge in [-0.05, 0) is 45.2 Å². The number of amides is 1. The second kappa shape index (κ2) is 17.0. The molecule has 0 spiro atoms. The molecule has 0 saturated heterocycles. The molecule has 178 valence electrons. The Morgan fingerprint density at radius 2 is 1.71 bits per heavy atom. The van der Waals surface area contributed by atoms with Gasteiger partial charge in [-0.3, -0.25) is 4.99 Å². The first-order chi connectivity index (χ1) is 14.3. The zero-order chi connectivity index (χ0) is 22.2. The van der Waals surface area contributed by atoms with Crippen LogP contribution in [-0.4, -0.2) is 57.6 Å². The first kappa shape index (κ1) is 29.4. The summed E-state index contributed by atoms with van der Waals surface area (Å²) in [5.41, 5.74) is 1.79. The molecule has 0 aromatic heterocycles. The number of carbonyl (C=O) groups is 1. The predicted molar refractivity (Wildman–Crippen MR) is 135 cm³/mol. The van der Waals surface area contributed by atoms with Crippen molar-refractivity contribution in [1.82, 2.24) is 16.0 Å². The number of hydrogen-bond acceptors (Lipinski definition) is 5. The Labute approximate surface area is 203 Å². The molecule has 0 heterocycles. The summed E-state index contributed by atoms with van der Waals surface area (Å²) >= 11 is 0. The Hall–Kier alpha value is -1.59. The Bertz CT molecular complexity index is 651. The fraction of sp³-hybridized carbons (Fsp3) is 0.636. The lowest BCUT2D eigenvalue weighted by atomic mass is 10.1. The third-order valence-corrected chi connectivity index (χ3v) is 3.83. The summed E-state index contributed by atoms with van der Waals surface area (Å²) < 4.78 is 16.1. The van der Waals surface area contributed by atoms with Crippen LogP contribution in [0.25, 0.3) is 0 Å². The van der Waals surface area contributed by atoms with Crippen LogP contribution < -0.4 is 16.0 Å². The SMILES string of the molecule is CCOCCOCc1cccc(CNC(=NC)NCCCNC(=O)OC(C)(C)C)c1.I. The highest BCUT2D eigenvalue weighted by atomic mass is 127. The maximum atomic E-state index is 11.6. The molecule has 1 rings (SSSR count). The Balaban J connectivity index is 0.00000900. The molecular weight excluding hydrogens is 511 g/mol. The van der Waals surface area contributed by atoms with E-state index in [0.29, 0.717) is 52.0 Å². The molecule has 0 aliphatic carbocycles. The van der Waals surface area contributed by atoms with Gasteiger partial charge in [0, 0.05) is 33.3 Å². The van der Waals surface area contributed by atoms with Crippen LogP contribution in [0.2, 0.25) is 0 Å². The summed E-state index contributed by atoms with van der Waals surface area (Å²) in [5.74, 6) is 0.714. The number of alkyl carbamates (subject to hydrolysis) is 1. The largest absolute Gasteiger partial charge is 0.444 e. The molecule has 9 heteroatoms.